The second kappa shape index (κ2) is 9.89. The highest BCUT2D eigenvalue weighted by atomic mass is 79.9. The highest BCUT2D eigenvalue weighted by Gasteiger charge is 2.42. The van der Waals surface area contributed by atoms with Crippen molar-refractivity contribution in [3.63, 3.8) is 0 Å². The molecule has 7 atom stereocenters. The third kappa shape index (κ3) is 5.68. The third-order valence-electron chi connectivity index (χ3n) is 4.37. The Morgan fingerprint density at radius 2 is 1.92 bits per heavy atom. The van der Waals surface area contributed by atoms with E-state index in [4.69, 9.17) is 14.2 Å². The Balaban J connectivity index is 2.21. The molecule has 2 fully saturated rings. The zero-order chi connectivity index (χ0) is 17.7. The van der Waals surface area contributed by atoms with Gasteiger partial charge in [-0.05, 0) is 18.9 Å². The van der Waals surface area contributed by atoms with Gasteiger partial charge in [-0.3, -0.25) is 4.79 Å². The molecule has 0 amide bonds. The molecule has 136 valence electrons. The summed E-state index contributed by atoms with van der Waals surface area (Å²) in [7, 11) is 0. The molecule has 2 aliphatic heterocycles. The van der Waals surface area contributed by atoms with Crippen molar-refractivity contribution in [2.24, 2.45) is 0 Å². The van der Waals surface area contributed by atoms with Crippen LogP contribution in [0.25, 0.3) is 0 Å². The maximum Gasteiger partial charge on any atom is 0.302 e. The molecule has 7 heteroatoms. The van der Waals surface area contributed by atoms with Crippen LogP contribution in [0.3, 0.4) is 0 Å². The summed E-state index contributed by atoms with van der Waals surface area (Å²) in [4.78, 5) is 13.4. The predicted octanol–water partition coefficient (Wildman–Crippen LogP) is 4.62. The van der Waals surface area contributed by atoms with E-state index in [-0.39, 0.29) is 46.1 Å². The summed E-state index contributed by atoms with van der Waals surface area (Å²) in [6, 6.07) is 0. The van der Waals surface area contributed by atoms with Crippen LogP contribution in [-0.4, -0.2) is 46.1 Å². The zero-order valence-corrected chi connectivity index (χ0v) is 18.5. The Morgan fingerprint density at radius 1 is 1.21 bits per heavy atom. The van der Waals surface area contributed by atoms with Crippen LogP contribution in [0.15, 0.2) is 16.8 Å². The molecule has 0 bridgehead atoms. The van der Waals surface area contributed by atoms with Gasteiger partial charge in [0.15, 0.2) is 0 Å². The summed E-state index contributed by atoms with van der Waals surface area (Å²) in [6.07, 6.45) is 4.78. The van der Waals surface area contributed by atoms with Gasteiger partial charge in [-0.2, -0.15) is 0 Å². The molecule has 2 rings (SSSR count). The normalized spacial score (nSPS) is 39.6. The van der Waals surface area contributed by atoms with E-state index < -0.39 is 0 Å². The average molecular weight is 531 g/mol. The van der Waals surface area contributed by atoms with E-state index in [0.29, 0.717) is 6.42 Å². The van der Waals surface area contributed by atoms with E-state index in [1.54, 1.807) is 4.99 Å². The monoisotopic (exact) mass is 528 g/mol. The maximum absolute atomic E-state index is 11.5. The van der Waals surface area contributed by atoms with Crippen molar-refractivity contribution in [1.82, 2.24) is 0 Å². The Kier molecular flexibility index (Phi) is 8.51. The fourth-order valence-corrected chi connectivity index (χ4v) is 5.52. The number of ether oxygens (including phenoxy) is 3. The van der Waals surface area contributed by atoms with E-state index in [1.807, 2.05) is 6.08 Å². The lowest BCUT2D eigenvalue weighted by molar-refractivity contribution is -0.148. The molecule has 0 saturated carbocycles. The molecular formula is C17H23Br3O4. The summed E-state index contributed by atoms with van der Waals surface area (Å²) < 4.78 is 18.1. The molecule has 2 aliphatic rings. The smallest absolute Gasteiger partial charge is 0.302 e. The average Bonchev–Trinajstić information content (AvgIpc) is 2.91. The fraction of sp³-hybridized carbons (Fsp3) is 0.765. The zero-order valence-electron chi connectivity index (χ0n) is 13.8. The van der Waals surface area contributed by atoms with Crippen molar-refractivity contribution in [2.45, 2.75) is 79.7 Å². The van der Waals surface area contributed by atoms with Gasteiger partial charge in [-0.15, -0.1) is 5.73 Å². The van der Waals surface area contributed by atoms with Crippen molar-refractivity contribution in [2.75, 3.05) is 0 Å². The van der Waals surface area contributed by atoms with Gasteiger partial charge in [0.05, 0.1) is 29.2 Å². The summed E-state index contributed by atoms with van der Waals surface area (Å²) in [5.74, 6) is -0.268. The molecule has 0 spiro atoms. The van der Waals surface area contributed by atoms with Gasteiger partial charge in [-0.1, -0.05) is 54.7 Å². The van der Waals surface area contributed by atoms with E-state index >= 15 is 0 Å². The molecule has 2 saturated heterocycles. The largest absolute Gasteiger partial charge is 0.461 e. The fourth-order valence-electron chi connectivity index (χ4n) is 3.24. The van der Waals surface area contributed by atoms with Crippen molar-refractivity contribution < 1.29 is 19.0 Å². The first-order chi connectivity index (χ1) is 11.4. The molecule has 0 aromatic rings. The first kappa shape index (κ1) is 20.7. The summed E-state index contributed by atoms with van der Waals surface area (Å²) >= 11 is 10.7. The van der Waals surface area contributed by atoms with Crippen molar-refractivity contribution in [1.29, 1.82) is 0 Å². The molecule has 0 unspecified atom stereocenters. The number of rotatable bonds is 3. The number of esters is 1. The number of fused-ring (bicyclic) bond motifs is 1. The van der Waals surface area contributed by atoms with Crippen LogP contribution in [0.5, 0.6) is 0 Å². The van der Waals surface area contributed by atoms with Crippen LogP contribution >= 0.6 is 47.8 Å². The minimum absolute atomic E-state index is 0.00997. The number of carbonyl (C=O) groups is 1. The lowest BCUT2D eigenvalue weighted by Crippen LogP contribution is -2.34. The number of hydrogen-bond acceptors (Lipinski definition) is 4. The summed E-state index contributed by atoms with van der Waals surface area (Å²) in [6.45, 7) is 3.57. The van der Waals surface area contributed by atoms with Crippen LogP contribution in [-0.2, 0) is 19.0 Å². The second-order valence-corrected chi connectivity index (χ2v) is 8.97. The van der Waals surface area contributed by atoms with E-state index in [2.05, 4.69) is 60.4 Å². The number of hydrogen-bond donors (Lipinski definition) is 0. The van der Waals surface area contributed by atoms with Gasteiger partial charge in [0, 0.05) is 29.6 Å². The van der Waals surface area contributed by atoms with Gasteiger partial charge in [0.1, 0.15) is 6.10 Å². The van der Waals surface area contributed by atoms with Crippen molar-refractivity contribution in [3.8, 4) is 0 Å². The molecule has 0 aromatic carbocycles. The molecule has 0 aliphatic carbocycles. The molecule has 0 radical (unpaired) electrons. The first-order valence-corrected chi connectivity index (χ1v) is 11.0. The Morgan fingerprint density at radius 3 is 2.54 bits per heavy atom. The molecule has 0 N–H and O–H groups in total. The molecular weight excluding hydrogens is 508 g/mol. The van der Waals surface area contributed by atoms with E-state index in [1.165, 1.54) is 6.92 Å². The standard InChI is InChI=1S/C17H23Br3O4/c1-3-14-12(19)8-13(20)15(22-10(2)21)9-17-16(24-14)7-11(23-17)5-4-6-18/h5-6,11-17H,3,7-9H2,1-2H3/t4?,11-,12+,13+,14-,15-,16-,17-/m1/s1. The summed E-state index contributed by atoms with van der Waals surface area (Å²) in [5.41, 5.74) is 3.01. The van der Waals surface area contributed by atoms with Gasteiger partial charge in [0.2, 0.25) is 0 Å². The Bertz CT molecular complexity index is 492. The van der Waals surface area contributed by atoms with Crippen molar-refractivity contribution >= 4 is 53.8 Å². The molecule has 4 nitrogen and oxygen atoms in total. The van der Waals surface area contributed by atoms with E-state index in [0.717, 1.165) is 19.3 Å². The van der Waals surface area contributed by atoms with E-state index in [9.17, 15) is 4.79 Å². The van der Waals surface area contributed by atoms with Gasteiger partial charge in [-0.25, -0.2) is 0 Å². The minimum Gasteiger partial charge on any atom is -0.461 e. The Labute approximate surface area is 168 Å². The van der Waals surface area contributed by atoms with Crippen LogP contribution < -0.4 is 0 Å². The quantitative estimate of drug-likeness (QED) is 0.303. The summed E-state index contributed by atoms with van der Waals surface area (Å²) in [5, 5.41) is 0. The molecule has 2 heterocycles. The third-order valence-corrected chi connectivity index (χ3v) is 6.56. The number of alkyl halides is 2. The highest BCUT2D eigenvalue weighted by Crippen LogP contribution is 2.36. The van der Waals surface area contributed by atoms with Crippen molar-refractivity contribution in [3.05, 3.63) is 16.8 Å². The maximum atomic E-state index is 11.5. The Hall–Kier alpha value is 0.350. The minimum atomic E-state index is -0.268. The second-order valence-electron chi connectivity index (χ2n) is 6.16. The lowest BCUT2D eigenvalue weighted by Gasteiger charge is -2.26. The van der Waals surface area contributed by atoms with Crippen LogP contribution in [0.4, 0.5) is 0 Å². The number of carbonyl (C=O) groups excluding carboxylic acids is 1. The molecule has 24 heavy (non-hydrogen) atoms. The lowest BCUT2D eigenvalue weighted by atomic mass is 10.0. The van der Waals surface area contributed by atoms with Crippen LogP contribution in [0.1, 0.15) is 39.5 Å². The SMILES string of the molecule is CC[C@H]1O[C@@H]2C[C@@H](C=C=CBr)O[C@@H]2C[C@@H](OC(C)=O)[C@@H](Br)C[C@@H]1Br. The predicted molar refractivity (Wildman–Crippen MR) is 104 cm³/mol. The van der Waals surface area contributed by atoms with Crippen LogP contribution in [0.2, 0.25) is 0 Å². The highest BCUT2D eigenvalue weighted by molar-refractivity contribution is 9.11. The van der Waals surface area contributed by atoms with Gasteiger partial charge in [0.25, 0.3) is 0 Å². The van der Waals surface area contributed by atoms with Crippen LogP contribution in [0, 0.1) is 0 Å². The van der Waals surface area contributed by atoms with Gasteiger partial charge < -0.3 is 14.2 Å². The van der Waals surface area contributed by atoms with Gasteiger partial charge >= 0.3 is 5.97 Å². The first-order valence-electron chi connectivity index (χ1n) is 8.22. The topological polar surface area (TPSA) is 44.8 Å². The number of halogens is 3. The molecule has 0 aromatic heterocycles.